The van der Waals surface area contributed by atoms with Gasteiger partial charge in [-0.1, -0.05) is 44.9 Å². The molecule has 1 aliphatic rings. The van der Waals surface area contributed by atoms with Crippen LogP contribution in [0.25, 0.3) is 0 Å². The number of nitrogens with one attached hydrogen (secondary N) is 1. The minimum absolute atomic E-state index is 0.372. The van der Waals surface area contributed by atoms with Gasteiger partial charge >= 0.3 is 0 Å². The number of hydrogen-bond acceptors (Lipinski definition) is 3. The molecule has 20 heavy (non-hydrogen) atoms. The van der Waals surface area contributed by atoms with Crippen molar-refractivity contribution in [2.75, 3.05) is 26.7 Å². The first-order chi connectivity index (χ1) is 9.77. The fourth-order valence-electron chi connectivity index (χ4n) is 2.97. The lowest BCUT2D eigenvalue weighted by atomic mass is 9.95. The average molecular weight is 276 g/mol. The third kappa shape index (κ3) is 3.53. The van der Waals surface area contributed by atoms with Crippen LogP contribution in [-0.2, 0) is 0 Å². The molecule has 0 fully saturated rings. The van der Waals surface area contributed by atoms with E-state index in [0.717, 1.165) is 25.4 Å². The van der Waals surface area contributed by atoms with E-state index in [2.05, 4.69) is 49.3 Å². The predicted molar refractivity (Wildman–Crippen MR) is 84.3 cm³/mol. The van der Waals surface area contributed by atoms with E-state index in [1.807, 2.05) is 6.07 Å². The largest absolute Gasteiger partial charge is 0.492 e. The fourth-order valence-corrected chi connectivity index (χ4v) is 2.97. The van der Waals surface area contributed by atoms with Gasteiger partial charge in [0.25, 0.3) is 0 Å². The van der Waals surface area contributed by atoms with Gasteiger partial charge in [0.2, 0.25) is 0 Å². The average Bonchev–Trinajstić information content (AvgIpc) is 2.48. The van der Waals surface area contributed by atoms with Crippen LogP contribution in [0.1, 0.15) is 44.7 Å². The smallest absolute Gasteiger partial charge is 0.124 e. The molecule has 1 heterocycles. The van der Waals surface area contributed by atoms with Crippen LogP contribution in [0.15, 0.2) is 24.3 Å². The quantitative estimate of drug-likeness (QED) is 0.774. The second-order valence-electron chi connectivity index (χ2n) is 5.64. The van der Waals surface area contributed by atoms with Crippen LogP contribution in [0, 0.1) is 0 Å². The minimum Gasteiger partial charge on any atom is -0.492 e. The van der Waals surface area contributed by atoms with Crippen molar-refractivity contribution >= 4 is 0 Å². The molecule has 0 aliphatic carbocycles. The molecule has 2 unspecified atom stereocenters. The monoisotopic (exact) mass is 276 g/mol. The SMILES string of the molecule is CCCCCN(C)C1COc2ccccc2C1NCC. The standard InChI is InChI=1S/C17H28N2O/c1-4-6-9-12-19(3)15-13-20-16-11-8-7-10-14(16)17(15)18-5-2/h7-8,10-11,15,17-18H,4-6,9,12-13H2,1-3H3. The number of unbranched alkanes of at least 4 members (excludes halogenated alkanes) is 2. The lowest BCUT2D eigenvalue weighted by molar-refractivity contribution is 0.105. The Balaban J connectivity index is 2.09. The molecule has 0 saturated heterocycles. The van der Waals surface area contributed by atoms with Gasteiger partial charge in [-0.2, -0.15) is 0 Å². The number of likely N-dealkylation sites (N-methyl/N-ethyl adjacent to an activating group) is 2. The maximum atomic E-state index is 5.96. The lowest BCUT2D eigenvalue weighted by Crippen LogP contribution is -2.49. The van der Waals surface area contributed by atoms with Gasteiger partial charge < -0.3 is 10.1 Å². The molecule has 0 spiro atoms. The molecular formula is C17H28N2O. The molecule has 1 N–H and O–H groups in total. The van der Waals surface area contributed by atoms with Crippen LogP contribution in [0.2, 0.25) is 0 Å². The van der Waals surface area contributed by atoms with Crippen molar-refractivity contribution in [2.24, 2.45) is 0 Å². The molecule has 0 amide bonds. The van der Waals surface area contributed by atoms with Crippen LogP contribution in [-0.4, -0.2) is 37.7 Å². The molecule has 0 saturated carbocycles. The first kappa shape index (κ1) is 15.3. The summed E-state index contributed by atoms with van der Waals surface area (Å²) in [4.78, 5) is 2.46. The van der Waals surface area contributed by atoms with Crippen molar-refractivity contribution in [1.82, 2.24) is 10.2 Å². The van der Waals surface area contributed by atoms with Gasteiger partial charge in [0.05, 0.1) is 12.1 Å². The van der Waals surface area contributed by atoms with Gasteiger partial charge in [-0.05, 0) is 32.6 Å². The Labute approximate surface area is 123 Å². The molecule has 1 aliphatic heterocycles. The number of hydrogen-bond donors (Lipinski definition) is 1. The van der Waals surface area contributed by atoms with Crippen LogP contribution in [0.5, 0.6) is 5.75 Å². The maximum absolute atomic E-state index is 5.96. The lowest BCUT2D eigenvalue weighted by Gasteiger charge is -2.39. The molecule has 2 atom stereocenters. The van der Waals surface area contributed by atoms with E-state index in [1.165, 1.54) is 24.8 Å². The second kappa shape index (κ2) is 7.65. The highest BCUT2D eigenvalue weighted by molar-refractivity contribution is 5.38. The van der Waals surface area contributed by atoms with Crippen molar-refractivity contribution in [2.45, 2.75) is 45.2 Å². The van der Waals surface area contributed by atoms with Crippen molar-refractivity contribution in [3.05, 3.63) is 29.8 Å². The second-order valence-corrected chi connectivity index (χ2v) is 5.64. The van der Waals surface area contributed by atoms with E-state index >= 15 is 0 Å². The molecule has 0 bridgehead atoms. The van der Waals surface area contributed by atoms with E-state index in [4.69, 9.17) is 4.74 Å². The van der Waals surface area contributed by atoms with Crippen molar-refractivity contribution in [3.63, 3.8) is 0 Å². The highest BCUT2D eigenvalue weighted by atomic mass is 16.5. The molecule has 112 valence electrons. The van der Waals surface area contributed by atoms with Gasteiger partial charge in [0, 0.05) is 5.56 Å². The van der Waals surface area contributed by atoms with Crippen LogP contribution in [0.4, 0.5) is 0 Å². The van der Waals surface area contributed by atoms with Crippen molar-refractivity contribution in [3.8, 4) is 5.75 Å². The van der Waals surface area contributed by atoms with Gasteiger partial charge in [-0.3, -0.25) is 4.90 Å². The van der Waals surface area contributed by atoms with Gasteiger partial charge in [0.15, 0.2) is 0 Å². The van der Waals surface area contributed by atoms with Crippen molar-refractivity contribution in [1.29, 1.82) is 0 Å². The van der Waals surface area contributed by atoms with Gasteiger partial charge in [-0.15, -0.1) is 0 Å². The highest BCUT2D eigenvalue weighted by Crippen LogP contribution is 2.33. The summed E-state index contributed by atoms with van der Waals surface area (Å²) in [6, 6.07) is 9.21. The number of para-hydroxylation sites is 1. The fraction of sp³-hybridized carbons (Fsp3) is 0.647. The first-order valence-electron chi connectivity index (χ1n) is 7.93. The van der Waals surface area contributed by atoms with E-state index in [0.29, 0.717) is 12.1 Å². The zero-order valence-corrected chi connectivity index (χ0v) is 13.1. The highest BCUT2D eigenvalue weighted by Gasteiger charge is 2.32. The maximum Gasteiger partial charge on any atom is 0.124 e. The Hall–Kier alpha value is -1.06. The summed E-state index contributed by atoms with van der Waals surface area (Å²) in [7, 11) is 2.22. The zero-order valence-electron chi connectivity index (χ0n) is 13.1. The summed E-state index contributed by atoms with van der Waals surface area (Å²) >= 11 is 0. The summed E-state index contributed by atoms with van der Waals surface area (Å²) in [5.41, 5.74) is 1.30. The summed E-state index contributed by atoms with van der Waals surface area (Å²) < 4.78 is 5.96. The molecular weight excluding hydrogens is 248 g/mol. The number of ether oxygens (including phenoxy) is 1. The topological polar surface area (TPSA) is 24.5 Å². The van der Waals surface area contributed by atoms with E-state index in [9.17, 15) is 0 Å². The Morgan fingerprint density at radius 1 is 1.25 bits per heavy atom. The molecule has 3 nitrogen and oxygen atoms in total. The summed E-state index contributed by atoms with van der Waals surface area (Å²) in [6.07, 6.45) is 3.85. The first-order valence-corrected chi connectivity index (χ1v) is 7.93. The summed E-state index contributed by atoms with van der Waals surface area (Å²) in [6.45, 7) is 7.33. The van der Waals surface area contributed by atoms with Crippen molar-refractivity contribution < 1.29 is 4.74 Å². The molecule has 0 aromatic heterocycles. The zero-order chi connectivity index (χ0) is 14.4. The van der Waals surface area contributed by atoms with Crippen LogP contribution < -0.4 is 10.1 Å². The van der Waals surface area contributed by atoms with E-state index < -0.39 is 0 Å². The minimum atomic E-state index is 0.372. The Morgan fingerprint density at radius 2 is 2.05 bits per heavy atom. The number of nitrogens with zero attached hydrogens (tertiary/aromatic N) is 1. The number of rotatable bonds is 7. The normalized spacial score (nSPS) is 21.6. The van der Waals surface area contributed by atoms with Crippen LogP contribution >= 0.6 is 0 Å². The van der Waals surface area contributed by atoms with E-state index in [1.54, 1.807) is 0 Å². The Bertz CT molecular complexity index is 408. The van der Waals surface area contributed by atoms with E-state index in [-0.39, 0.29) is 0 Å². The van der Waals surface area contributed by atoms with Gasteiger partial charge in [-0.25, -0.2) is 0 Å². The molecule has 1 aromatic rings. The predicted octanol–water partition coefficient (Wildman–Crippen LogP) is 3.22. The number of benzene rings is 1. The third-order valence-electron chi connectivity index (χ3n) is 4.15. The Kier molecular flexibility index (Phi) is 5.86. The number of fused-ring (bicyclic) bond motifs is 1. The van der Waals surface area contributed by atoms with Crippen LogP contribution in [0.3, 0.4) is 0 Å². The summed E-state index contributed by atoms with van der Waals surface area (Å²) in [5, 5.41) is 3.64. The Morgan fingerprint density at radius 3 is 2.80 bits per heavy atom. The van der Waals surface area contributed by atoms with Gasteiger partial charge in [0.1, 0.15) is 12.4 Å². The molecule has 1 aromatic carbocycles. The molecule has 3 heteroatoms. The molecule has 0 radical (unpaired) electrons. The third-order valence-corrected chi connectivity index (χ3v) is 4.15. The summed E-state index contributed by atoms with van der Waals surface area (Å²) in [5.74, 6) is 1.04. The molecule has 2 rings (SSSR count).